The lowest BCUT2D eigenvalue weighted by Crippen LogP contribution is -2.27. The minimum Gasteiger partial charge on any atom is -0.324 e. The molecule has 6 nitrogen and oxygen atoms in total. The van der Waals surface area contributed by atoms with Gasteiger partial charge in [0.15, 0.2) is 0 Å². The quantitative estimate of drug-likeness (QED) is 0.242. The average Bonchev–Trinajstić information content (AvgIpc) is 2.77. The normalized spacial score (nSPS) is 13.1. The maximum absolute atomic E-state index is 13.7. The van der Waals surface area contributed by atoms with Crippen LogP contribution >= 0.6 is 11.6 Å². The highest BCUT2D eigenvalue weighted by molar-refractivity contribution is 6.30. The minimum absolute atomic E-state index is 0.0838. The molecular weight excluding hydrogens is 512 g/mol. The van der Waals surface area contributed by atoms with Crippen molar-refractivity contribution >= 4 is 34.0 Å². The van der Waals surface area contributed by atoms with Gasteiger partial charge in [-0.2, -0.15) is 26.3 Å². The van der Waals surface area contributed by atoms with Crippen molar-refractivity contribution in [1.29, 1.82) is 0 Å². The summed E-state index contributed by atoms with van der Waals surface area (Å²) in [6.45, 7) is 1.57. The highest BCUT2D eigenvalue weighted by Gasteiger charge is 2.35. The number of rotatable bonds is 4. The van der Waals surface area contributed by atoms with Gasteiger partial charge in [0.2, 0.25) is 5.95 Å². The molecule has 2 heterocycles. The number of halogens is 7. The molecule has 4 rings (SSSR count). The number of nitrogens with zero attached hydrogens (tertiary/aromatic N) is 3. The summed E-state index contributed by atoms with van der Waals surface area (Å²) >= 11 is 5.63. The Morgan fingerprint density at radius 3 is 2.28 bits per heavy atom. The fourth-order valence-electron chi connectivity index (χ4n) is 3.68. The van der Waals surface area contributed by atoms with Gasteiger partial charge in [-0.1, -0.05) is 29.8 Å². The summed E-state index contributed by atoms with van der Waals surface area (Å²) in [6.07, 6.45) is -8.99. The predicted molar refractivity (Wildman–Crippen MR) is 122 cm³/mol. The molecule has 0 radical (unpaired) electrons. The van der Waals surface area contributed by atoms with E-state index in [4.69, 9.17) is 17.3 Å². The van der Waals surface area contributed by atoms with Crippen molar-refractivity contribution in [1.82, 2.24) is 14.5 Å². The Morgan fingerprint density at radius 2 is 1.67 bits per heavy atom. The molecule has 0 aliphatic carbocycles. The molecule has 1 atom stereocenters. The first kappa shape index (κ1) is 25.5. The van der Waals surface area contributed by atoms with Crippen LogP contribution in [-0.4, -0.2) is 14.5 Å². The first-order valence-electron chi connectivity index (χ1n) is 10.3. The number of nitrogens with one attached hydrogen (secondary N) is 1. The molecule has 0 aliphatic heterocycles. The highest BCUT2D eigenvalue weighted by Crippen LogP contribution is 2.35. The summed E-state index contributed by atoms with van der Waals surface area (Å²) in [4.78, 5) is 20.6. The van der Waals surface area contributed by atoms with Crippen LogP contribution in [0.15, 0.2) is 59.5 Å². The fourth-order valence-corrected chi connectivity index (χ4v) is 3.92. The van der Waals surface area contributed by atoms with Crippen LogP contribution in [0.1, 0.15) is 29.8 Å². The Labute approximate surface area is 204 Å². The van der Waals surface area contributed by atoms with Crippen molar-refractivity contribution in [2.75, 3.05) is 5.32 Å². The molecule has 0 saturated carbocycles. The molecule has 0 fully saturated rings. The van der Waals surface area contributed by atoms with Crippen LogP contribution in [0.25, 0.3) is 16.5 Å². The number of anilines is 2. The third kappa shape index (κ3) is 4.86. The molecule has 2 aromatic carbocycles. The van der Waals surface area contributed by atoms with E-state index in [1.807, 2.05) is 0 Å². The fraction of sp³-hybridized carbons (Fsp3) is 0.174. The van der Waals surface area contributed by atoms with Crippen molar-refractivity contribution in [2.45, 2.75) is 25.3 Å². The number of hydrogen-bond donors (Lipinski definition) is 2. The second kappa shape index (κ2) is 9.10. The number of nitrogens with two attached hydrogens (primary N) is 1. The van der Waals surface area contributed by atoms with Gasteiger partial charge in [0, 0.05) is 23.6 Å². The standard InChI is InChI=1S/C23H16ClF6N5O/c1-11(31)17-8-12-4-2-7-15(22(25,26)27)18(12)20(36)35(17)14-6-3-5-13(9-14)33-21-32-10-16(19(24)34-21)23(28,29)30/h2-11H,31H2,1H3,(H,32,33,34)/t11-/m0/s1. The van der Waals surface area contributed by atoms with Gasteiger partial charge in [-0.25, -0.2) is 9.97 Å². The number of hydrogen-bond acceptors (Lipinski definition) is 5. The minimum atomic E-state index is -4.77. The van der Waals surface area contributed by atoms with E-state index in [0.717, 1.165) is 10.6 Å². The Bertz CT molecular complexity index is 1510. The number of fused-ring (bicyclic) bond motifs is 1. The monoisotopic (exact) mass is 527 g/mol. The first-order valence-corrected chi connectivity index (χ1v) is 10.6. The molecule has 0 amide bonds. The maximum atomic E-state index is 13.7. The molecular formula is C23H16ClF6N5O. The van der Waals surface area contributed by atoms with E-state index in [1.165, 1.54) is 42.5 Å². The van der Waals surface area contributed by atoms with E-state index < -0.39 is 45.6 Å². The van der Waals surface area contributed by atoms with Gasteiger partial charge in [0.1, 0.15) is 10.7 Å². The van der Waals surface area contributed by atoms with Crippen LogP contribution in [0.4, 0.5) is 38.0 Å². The van der Waals surface area contributed by atoms with Gasteiger partial charge in [-0.05, 0) is 42.6 Å². The van der Waals surface area contributed by atoms with E-state index >= 15 is 0 Å². The van der Waals surface area contributed by atoms with Gasteiger partial charge in [0.25, 0.3) is 5.56 Å². The highest BCUT2D eigenvalue weighted by atomic mass is 35.5. The zero-order valence-electron chi connectivity index (χ0n) is 18.2. The van der Waals surface area contributed by atoms with E-state index in [-0.39, 0.29) is 28.4 Å². The van der Waals surface area contributed by atoms with Crippen LogP contribution in [0.2, 0.25) is 5.15 Å². The Hall–Kier alpha value is -3.64. The van der Waals surface area contributed by atoms with Crippen LogP contribution in [0, 0.1) is 0 Å². The Kier molecular flexibility index (Phi) is 6.43. The average molecular weight is 528 g/mol. The third-order valence-corrected chi connectivity index (χ3v) is 5.54. The summed E-state index contributed by atoms with van der Waals surface area (Å²) in [7, 11) is 0. The lowest BCUT2D eigenvalue weighted by Gasteiger charge is -2.19. The molecule has 188 valence electrons. The maximum Gasteiger partial charge on any atom is 0.420 e. The van der Waals surface area contributed by atoms with Crippen LogP contribution in [0.5, 0.6) is 0 Å². The molecule has 13 heteroatoms. The lowest BCUT2D eigenvalue weighted by molar-refractivity contribution is -0.138. The van der Waals surface area contributed by atoms with Crippen molar-refractivity contribution in [3.63, 3.8) is 0 Å². The molecule has 0 unspecified atom stereocenters. The van der Waals surface area contributed by atoms with Gasteiger partial charge < -0.3 is 11.1 Å². The molecule has 3 N–H and O–H groups in total. The van der Waals surface area contributed by atoms with E-state index in [1.54, 1.807) is 6.92 Å². The van der Waals surface area contributed by atoms with Gasteiger partial charge >= 0.3 is 12.4 Å². The molecule has 2 aromatic heterocycles. The van der Waals surface area contributed by atoms with Crippen LogP contribution in [0.3, 0.4) is 0 Å². The zero-order chi connectivity index (χ0) is 26.4. The SMILES string of the molecule is C[C@H](N)c1cc2cccc(C(F)(F)F)c2c(=O)n1-c1cccc(Nc2ncc(C(F)(F)F)c(Cl)n2)c1. The summed E-state index contributed by atoms with van der Waals surface area (Å²) in [5.74, 6) is -0.261. The third-order valence-electron chi connectivity index (χ3n) is 5.26. The Morgan fingerprint density at radius 1 is 1.00 bits per heavy atom. The van der Waals surface area contributed by atoms with Crippen LogP contribution < -0.4 is 16.6 Å². The lowest BCUT2D eigenvalue weighted by atomic mass is 10.0. The number of alkyl halides is 6. The summed E-state index contributed by atoms with van der Waals surface area (Å²) in [5, 5.41) is 1.42. The van der Waals surface area contributed by atoms with Crippen molar-refractivity contribution in [3.05, 3.63) is 87.1 Å². The number of pyridine rings is 1. The molecule has 0 bridgehead atoms. The first-order chi connectivity index (χ1) is 16.8. The zero-order valence-corrected chi connectivity index (χ0v) is 19.0. The van der Waals surface area contributed by atoms with Crippen molar-refractivity contribution in [2.24, 2.45) is 5.73 Å². The summed E-state index contributed by atoms with van der Waals surface area (Å²) in [5.41, 5.74) is 3.45. The second-order valence-corrected chi connectivity index (χ2v) is 8.20. The van der Waals surface area contributed by atoms with Crippen LogP contribution in [-0.2, 0) is 12.4 Å². The molecule has 4 aromatic rings. The van der Waals surface area contributed by atoms with Crippen molar-refractivity contribution < 1.29 is 26.3 Å². The van der Waals surface area contributed by atoms with E-state index in [9.17, 15) is 31.1 Å². The largest absolute Gasteiger partial charge is 0.420 e. The van der Waals surface area contributed by atoms with Crippen molar-refractivity contribution in [3.8, 4) is 5.69 Å². The molecule has 0 saturated heterocycles. The topological polar surface area (TPSA) is 85.8 Å². The molecule has 36 heavy (non-hydrogen) atoms. The van der Waals surface area contributed by atoms with Gasteiger partial charge in [0.05, 0.1) is 16.6 Å². The number of benzene rings is 2. The van der Waals surface area contributed by atoms with E-state index in [0.29, 0.717) is 6.20 Å². The number of aromatic nitrogens is 3. The predicted octanol–water partition coefficient (Wildman–Crippen LogP) is 6.24. The summed E-state index contributed by atoms with van der Waals surface area (Å²) in [6, 6.07) is 9.96. The molecule has 0 spiro atoms. The molecule has 0 aliphatic rings. The van der Waals surface area contributed by atoms with Gasteiger partial charge in [-0.15, -0.1) is 0 Å². The van der Waals surface area contributed by atoms with E-state index in [2.05, 4.69) is 15.3 Å². The second-order valence-electron chi connectivity index (χ2n) is 7.84. The smallest absolute Gasteiger partial charge is 0.324 e. The Balaban J connectivity index is 1.85. The van der Waals surface area contributed by atoms with Gasteiger partial charge in [-0.3, -0.25) is 9.36 Å². The summed E-state index contributed by atoms with van der Waals surface area (Å²) < 4.78 is 80.7.